The fraction of sp³-hybridized carbons (Fsp3) is 0.438. The summed E-state index contributed by atoms with van der Waals surface area (Å²) in [6.07, 6.45) is 5.08. The van der Waals surface area contributed by atoms with Crippen molar-refractivity contribution in [3.8, 4) is 0 Å². The third-order valence-electron chi connectivity index (χ3n) is 3.94. The summed E-state index contributed by atoms with van der Waals surface area (Å²) in [4.78, 5) is 11.9. The van der Waals surface area contributed by atoms with Gasteiger partial charge in [-0.3, -0.25) is 4.79 Å². The molecular weight excluding hydrogens is 283 g/mol. The fourth-order valence-electron chi connectivity index (χ4n) is 2.76. The average Bonchev–Trinajstić information content (AvgIpc) is 2.75. The van der Waals surface area contributed by atoms with Gasteiger partial charge in [-0.05, 0) is 25.0 Å². The van der Waals surface area contributed by atoms with E-state index in [4.69, 9.17) is 0 Å². The second kappa shape index (κ2) is 6.68. The summed E-state index contributed by atoms with van der Waals surface area (Å²) in [5, 5.41) is 11.2. The van der Waals surface area contributed by atoms with Crippen LogP contribution in [0.15, 0.2) is 24.3 Å². The molecule has 1 aromatic heterocycles. The largest absolute Gasteiger partial charge is 0.351 e. The van der Waals surface area contributed by atoms with Crippen LogP contribution in [0.5, 0.6) is 0 Å². The van der Waals surface area contributed by atoms with E-state index in [-0.39, 0.29) is 5.56 Å². The molecule has 2 heterocycles. The molecule has 1 amide bonds. The van der Waals surface area contributed by atoms with Gasteiger partial charge in [0.1, 0.15) is 17.5 Å². The Hall–Kier alpha value is -2.24. The highest BCUT2D eigenvalue weighted by atomic mass is 19.1. The topological polar surface area (TPSA) is 59.8 Å². The number of halogens is 1. The zero-order valence-electron chi connectivity index (χ0n) is 12.4. The van der Waals surface area contributed by atoms with E-state index >= 15 is 0 Å². The molecule has 0 saturated heterocycles. The van der Waals surface area contributed by atoms with Crippen LogP contribution in [-0.4, -0.2) is 27.2 Å². The van der Waals surface area contributed by atoms with Crippen LogP contribution in [0.2, 0.25) is 0 Å². The summed E-state index contributed by atoms with van der Waals surface area (Å²) in [6, 6.07) is 5.98. The molecule has 5 nitrogen and oxygen atoms in total. The zero-order valence-corrected chi connectivity index (χ0v) is 12.4. The predicted molar refractivity (Wildman–Crippen MR) is 80.0 cm³/mol. The molecule has 0 spiro atoms. The second-order valence-electron chi connectivity index (χ2n) is 5.48. The Kier molecular flexibility index (Phi) is 4.46. The number of aryl methyl sites for hydroxylation is 1. The van der Waals surface area contributed by atoms with Crippen LogP contribution in [0, 0.1) is 5.82 Å². The minimum absolute atomic E-state index is 0.0718. The maximum atomic E-state index is 13.5. The molecule has 1 aromatic carbocycles. The number of hydrogen-bond donors (Lipinski definition) is 1. The van der Waals surface area contributed by atoms with Gasteiger partial charge in [-0.15, -0.1) is 10.2 Å². The maximum Gasteiger partial charge on any atom is 0.254 e. The van der Waals surface area contributed by atoms with Gasteiger partial charge in [0, 0.05) is 25.9 Å². The molecule has 3 rings (SSSR count). The lowest BCUT2D eigenvalue weighted by Crippen LogP contribution is -2.27. The van der Waals surface area contributed by atoms with Crippen molar-refractivity contribution in [2.75, 3.05) is 6.54 Å². The summed E-state index contributed by atoms with van der Waals surface area (Å²) >= 11 is 0. The van der Waals surface area contributed by atoms with Crippen LogP contribution in [0.3, 0.4) is 0 Å². The van der Waals surface area contributed by atoms with Gasteiger partial charge < -0.3 is 9.88 Å². The first-order valence-corrected chi connectivity index (χ1v) is 7.69. The number of rotatable bonds is 4. The Balaban J connectivity index is 1.59. The van der Waals surface area contributed by atoms with Gasteiger partial charge in [-0.1, -0.05) is 18.6 Å². The van der Waals surface area contributed by atoms with Gasteiger partial charge >= 0.3 is 0 Å². The SMILES string of the molecule is O=C(NCCc1nnc2n1CCCCC2)c1ccccc1F. The molecule has 1 aliphatic heterocycles. The van der Waals surface area contributed by atoms with Crippen molar-refractivity contribution in [3.63, 3.8) is 0 Å². The van der Waals surface area contributed by atoms with Crippen molar-refractivity contribution in [3.05, 3.63) is 47.3 Å². The Morgan fingerprint density at radius 1 is 1.23 bits per heavy atom. The Morgan fingerprint density at radius 3 is 2.95 bits per heavy atom. The third kappa shape index (κ3) is 3.16. The molecule has 2 aromatic rings. The molecule has 0 radical (unpaired) electrons. The number of amides is 1. The minimum atomic E-state index is -0.503. The standard InChI is InChI=1S/C16H19FN4O/c17-13-7-4-3-6-12(13)16(22)18-10-9-15-20-19-14-8-2-1-5-11-21(14)15/h3-4,6-7H,1-2,5,8-11H2,(H,18,22). The van der Waals surface area contributed by atoms with E-state index < -0.39 is 11.7 Å². The van der Waals surface area contributed by atoms with E-state index in [2.05, 4.69) is 20.1 Å². The van der Waals surface area contributed by atoms with E-state index in [0.29, 0.717) is 13.0 Å². The second-order valence-corrected chi connectivity index (χ2v) is 5.48. The third-order valence-corrected chi connectivity index (χ3v) is 3.94. The summed E-state index contributed by atoms with van der Waals surface area (Å²) in [5.41, 5.74) is 0.0718. The maximum absolute atomic E-state index is 13.5. The lowest BCUT2D eigenvalue weighted by atomic mass is 10.2. The van der Waals surface area contributed by atoms with E-state index in [9.17, 15) is 9.18 Å². The van der Waals surface area contributed by atoms with Crippen molar-refractivity contribution in [1.82, 2.24) is 20.1 Å². The van der Waals surface area contributed by atoms with Crippen LogP contribution in [-0.2, 0) is 19.4 Å². The summed E-state index contributed by atoms with van der Waals surface area (Å²) < 4.78 is 15.7. The molecule has 0 unspecified atom stereocenters. The molecule has 0 atom stereocenters. The first kappa shape index (κ1) is 14.7. The van der Waals surface area contributed by atoms with Gasteiger partial charge in [0.15, 0.2) is 0 Å². The van der Waals surface area contributed by atoms with Gasteiger partial charge in [0.2, 0.25) is 0 Å². The number of fused-ring (bicyclic) bond motifs is 1. The molecule has 1 N–H and O–H groups in total. The number of benzene rings is 1. The van der Waals surface area contributed by atoms with Crippen molar-refractivity contribution < 1.29 is 9.18 Å². The van der Waals surface area contributed by atoms with E-state index in [1.807, 2.05) is 0 Å². The van der Waals surface area contributed by atoms with Gasteiger partial charge in [0.25, 0.3) is 5.91 Å². The van der Waals surface area contributed by atoms with Crippen molar-refractivity contribution in [2.24, 2.45) is 0 Å². The smallest absolute Gasteiger partial charge is 0.254 e. The zero-order chi connectivity index (χ0) is 15.4. The van der Waals surface area contributed by atoms with Gasteiger partial charge in [0.05, 0.1) is 5.56 Å². The van der Waals surface area contributed by atoms with Gasteiger partial charge in [-0.2, -0.15) is 0 Å². The highest BCUT2D eigenvalue weighted by molar-refractivity contribution is 5.94. The summed E-state index contributed by atoms with van der Waals surface area (Å²) in [5.74, 6) is 1.03. The molecule has 1 aliphatic rings. The first-order valence-electron chi connectivity index (χ1n) is 7.69. The van der Waals surface area contributed by atoms with Crippen LogP contribution in [0.4, 0.5) is 4.39 Å². The number of nitrogens with one attached hydrogen (secondary N) is 1. The lowest BCUT2D eigenvalue weighted by molar-refractivity contribution is 0.0950. The molecule has 0 aliphatic carbocycles. The Labute approximate surface area is 128 Å². The van der Waals surface area contributed by atoms with Crippen molar-refractivity contribution in [1.29, 1.82) is 0 Å². The minimum Gasteiger partial charge on any atom is -0.351 e. The Morgan fingerprint density at radius 2 is 2.09 bits per heavy atom. The Bertz CT molecular complexity index is 668. The highest BCUT2D eigenvalue weighted by Crippen LogP contribution is 2.14. The summed E-state index contributed by atoms with van der Waals surface area (Å²) in [6.45, 7) is 1.37. The number of carbonyl (C=O) groups is 1. The summed E-state index contributed by atoms with van der Waals surface area (Å²) in [7, 11) is 0. The van der Waals surface area contributed by atoms with Crippen LogP contribution >= 0.6 is 0 Å². The van der Waals surface area contributed by atoms with Crippen LogP contribution in [0.25, 0.3) is 0 Å². The molecule has 6 heteroatoms. The lowest BCUT2D eigenvalue weighted by Gasteiger charge is -2.08. The highest BCUT2D eigenvalue weighted by Gasteiger charge is 2.15. The average molecular weight is 302 g/mol. The number of hydrogen-bond acceptors (Lipinski definition) is 3. The fourth-order valence-corrected chi connectivity index (χ4v) is 2.76. The predicted octanol–water partition coefficient (Wildman–Crippen LogP) is 2.12. The molecule has 116 valence electrons. The first-order chi connectivity index (χ1) is 10.8. The molecule has 0 saturated carbocycles. The van der Waals surface area contributed by atoms with Gasteiger partial charge in [-0.25, -0.2) is 4.39 Å². The molecule has 0 bridgehead atoms. The van der Waals surface area contributed by atoms with E-state index in [1.165, 1.54) is 18.6 Å². The number of carbonyl (C=O) groups excluding carboxylic acids is 1. The quantitative estimate of drug-likeness (QED) is 0.941. The van der Waals surface area contributed by atoms with E-state index in [1.54, 1.807) is 12.1 Å². The molecule has 0 fully saturated rings. The molecular formula is C16H19FN4O. The number of nitrogens with zero attached hydrogens (tertiary/aromatic N) is 3. The van der Waals surface area contributed by atoms with Crippen molar-refractivity contribution in [2.45, 2.75) is 38.6 Å². The normalized spacial score (nSPS) is 14.2. The van der Waals surface area contributed by atoms with Crippen LogP contribution < -0.4 is 5.32 Å². The van der Waals surface area contributed by atoms with Crippen LogP contribution in [0.1, 0.15) is 41.3 Å². The molecule has 22 heavy (non-hydrogen) atoms. The van der Waals surface area contributed by atoms with E-state index in [0.717, 1.165) is 37.5 Å². The number of aromatic nitrogens is 3. The monoisotopic (exact) mass is 302 g/mol. The van der Waals surface area contributed by atoms with Crippen molar-refractivity contribution >= 4 is 5.91 Å².